The summed E-state index contributed by atoms with van der Waals surface area (Å²) in [6.45, 7) is 0.314. The van der Waals surface area contributed by atoms with E-state index in [-0.39, 0.29) is 17.6 Å². The molecule has 0 bridgehead atoms. The average molecular weight is 389 g/mol. The third-order valence-electron chi connectivity index (χ3n) is 4.98. The molecule has 2 aromatic carbocycles. The number of carbonyl (C=O) groups excluding carboxylic acids is 3. The summed E-state index contributed by atoms with van der Waals surface area (Å²) in [7, 11) is 0. The first-order valence-electron chi connectivity index (χ1n) is 9.15. The summed E-state index contributed by atoms with van der Waals surface area (Å²) in [4.78, 5) is 38.7. The van der Waals surface area contributed by atoms with E-state index in [0.717, 1.165) is 11.1 Å². The third kappa shape index (κ3) is 3.75. The molecule has 3 N–H and O–H groups in total. The number of furan rings is 1. The summed E-state index contributed by atoms with van der Waals surface area (Å²) < 4.78 is 5.25. The Bertz CT molecular complexity index is 1060. The van der Waals surface area contributed by atoms with Gasteiger partial charge in [-0.15, -0.1) is 0 Å². The first kappa shape index (κ1) is 18.5. The highest BCUT2D eigenvalue weighted by Gasteiger charge is 2.36. The van der Waals surface area contributed by atoms with Crippen LogP contribution >= 0.6 is 0 Å². The number of fused-ring (bicyclic) bond motifs is 1. The number of carbonyl (C=O) groups is 3. The summed E-state index contributed by atoms with van der Waals surface area (Å²) in [6.07, 6.45) is 1.83. The van der Waals surface area contributed by atoms with Crippen LogP contribution in [0.5, 0.6) is 0 Å². The Balaban J connectivity index is 1.60. The molecule has 0 saturated heterocycles. The Morgan fingerprint density at radius 2 is 1.69 bits per heavy atom. The summed E-state index contributed by atoms with van der Waals surface area (Å²) >= 11 is 0. The highest BCUT2D eigenvalue weighted by atomic mass is 16.3. The van der Waals surface area contributed by atoms with Crippen LogP contribution in [0.2, 0.25) is 0 Å². The zero-order valence-corrected chi connectivity index (χ0v) is 15.5. The monoisotopic (exact) mass is 389 g/mol. The van der Waals surface area contributed by atoms with Gasteiger partial charge in [-0.1, -0.05) is 24.3 Å². The highest BCUT2D eigenvalue weighted by Crippen LogP contribution is 2.26. The lowest BCUT2D eigenvalue weighted by molar-refractivity contribution is -0.121. The topological polar surface area (TPSA) is 106 Å². The molecule has 0 radical (unpaired) electrons. The molecule has 1 atom stereocenters. The van der Waals surface area contributed by atoms with Crippen molar-refractivity contribution in [2.24, 2.45) is 5.73 Å². The Hall–Kier alpha value is -3.87. The summed E-state index contributed by atoms with van der Waals surface area (Å²) in [5.41, 5.74) is 8.14. The molecule has 146 valence electrons. The molecule has 0 spiro atoms. The van der Waals surface area contributed by atoms with Crippen molar-refractivity contribution < 1.29 is 18.8 Å². The molecule has 3 aromatic rings. The van der Waals surface area contributed by atoms with E-state index in [2.05, 4.69) is 5.32 Å². The average Bonchev–Trinajstić information content (AvgIpc) is 3.27. The zero-order valence-electron chi connectivity index (χ0n) is 15.5. The second kappa shape index (κ2) is 7.63. The molecule has 1 aromatic heterocycles. The maximum Gasteiger partial charge on any atom is 0.290 e. The van der Waals surface area contributed by atoms with Gasteiger partial charge in [0.05, 0.1) is 6.26 Å². The van der Waals surface area contributed by atoms with Crippen LogP contribution in [-0.2, 0) is 17.8 Å². The van der Waals surface area contributed by atoms with Gasteiger partial charge in [0, 0.05) is 24.2 Å². The van der Waals surface area contributed by atoms with Crippen molar-refractivity contribution in [1.29, 1.82) is 0 Å². The number of rotatable bonds is 4. The molecular weight excluding hydrogens is 370 g/mol. The number of hydrogen-bond donors (Lipinski definition) is 2. The molecule has 0 saturated carbocycles. The number of nitrogens with two attached hydrogens (primary N) is 1. The summed E-state index contributed by atoms with van der Waals surface area (Å²) in [5, 5.41) is 2.82. The molecule has 1 aliphatic rings. The van der Waals surface area contributed by atoms with Gasteiger partial charge in [-0.25, -0.2) is 0 Å². The van der Waals surface area contributed by atoms with Gasteiger partial charge < -0.3 is 20.4 Å². The number of hydrogen-bond acceptors (Lipinski definition) is 4. The molecule has 0 fully saturated rings. The predicted molar refractivity (Wildman–Crippen MR) is 106 cm³/mol. The predicted octanol–water partition coefficient (Wildman–Crippen LogP) is 2.58. The van der Waals surface area contributed by atoms with E-state index < -0.39 is 11.9 Å². The van der Waals surface area contributed by atoms with Crippen molar-refractivity contribution in [3.63, 3.8) is 0 Å². The molecule has 2 heterocycles. The molecular formula is C22H19N3O4. The minimum atomic E-state index is -0.696. The van der Waals surface area contributed by atoms with Crippen LogP contribution in [0.25, 0.3) is 0 Å². The highest BCUT2D eigenvalue weighted by molar-refractivity contribution is 6.01. The van der Waals surface area contributed by atoms with Crippen LogP contribution < -0.4 is 11.1 Å². The molecule has 4 rings (SSSR count). The van der Waals surface area contributed by atoms with E-state index >= 15 is 0 Å². The number of nitrogens with one attached hydrogen (secondary N) is 1. The van der Waals surface area contributed by atoms with E-state index in [1.54, 1.807) is 36.4 Å². The van der Waals surface area contributed by atoms with Crippen LogP contribution in [0.3, 0.4) is 0 Å². The number of benzene rings is 2. The Morgan fingerprint density at radius 1 is 0.966 bits per heavy atom. The smallest absolute Gasteiger partial charge is 0.290 e. The first-order valence-corrected chi connectivity index (χ1v) is 9.15. The van der Waals surface area contributed by atoms with E-state index in [4.69, 9.17) is 10.2 Å². The lowest BCUT2D eigenvalue weighted by Gasteiger charge is -2.35. The van der Waals surface area contributed by atoms with E-state index in [1.807, 2.05) is 24.3 Å². The van der Waals surface area contributed by atoms with Crippen LogP contribution in [-0.4, -0.2) is 28.7 Å². The second-order valence-corrected chi connectivity index (χ2v) is 6.83. The van der Waals surface area contributed by atoms with Crippen molar-refractivity contribution >= 4 is 23.4 Å². The van der Waals surface area contributed by atoms with Crippen molar-refractivity contribution in [2.45, 2.75) is 19.0 Å². The normalized spacial score (nSPS) is 15.4. The van der Waals surface area contributed by atoms with Crippen molar-refractivity contribution in [1.82, 2.24) is 4.90 Å². The van der Waals surface area contributed by atoms with Gasteiger partial charge in [0.15, 0.2) is 5.76 Å². The van der Waals surface area contributed by atoms with E-state index in [9.17, 15) is 14.4 Å². The van der Waals surface area contributed by atoms with Gasteiger partial charge in [0.25, 0.3) is 5.91 Å². The Labute approximate surface area is 167 Å². The van der Waals surface area contributed by atoms with Crippen LogP contribution in [0, 0.1) is 0 Å². The fourth-order valence-corrected chi connectivity index (χ4v) is 3.46. The number of primary amides is 1. The molecule has 1 aliphatic heterocycles. The quantitative estimate of drug-likeness (QED) is 0.715. The third-order valence-corrected chi connectivity index (χ3v) is 4.98. The summed E-state index contributed by atoms with van der Waals surface area (Å²) in [5.74, 6) is -1.00. The number of anilines is 1. The van der Waals surface area contributed by atoms with E-state index in [1.165, 1.54) is 11.2 Å². The van der Waals surface area contributed by atoms with Gasteiger partial charge in [-0.05, 0) is 47.5 Å². The van der Waals surface area contributed by atoms with Crippen molar-refractivity contribution in [3.05, 3.63) is 89.4 Å². The molecule has 29 heavy (non-hydrogen) atoms. The molecule has 7 heteroatoms. The molecule has 1 unspecified atom stereocenters. The molecule has 7 nitrogen and oxygen atoms in total. The maximum absolute atomic E-state index is 13.1. The fraction of sp³-hybridized carbons (Fsp3) is 0.136. The van der Waals surface area contributed by atoms with Gasteiger partial charge in [0.1, 0.15) is 6.04 Å². The minimum absolute atomic E-state index is 0.188. The van der Waals surface area contributed by atoms with Crippen molar-refractivity contribution in [3.8, 4) is 0 Å². The van der Waals surface area contributed by atoms with Gasteiger partial charge in [0.2, 0.25) is 11.8 Å². The van der Waals surface area contributed by atoms with Gasteiger partial charge in [-0.3, -0.25) is 14.4 Å². The largest absolute Gasteiger partial charge is 0.459 e. The van der Waals surface area contributed by atoms with Gasteiger partial charge in [-0.2, -0.15) is 0 Å². The lowest BCUT2D eigenvalue weighted by Crippen LogP contribution is -2.50. The maximum atomic E-state index is 13.1. The van der Waals surface area contributed by atoms with E-state index in [0.29, 0.717) is 24.2 Å². The first-order chi connectivity index (χ1) is 14.0. The minimum Gasteiger partial charge on any atom is -0.459 e. The number of nitrogens with zero attached hydrogens (tertiary/aromatic N) is 1. The lowest BCUT2D eigenvalue weighted by atomic mass is 9.93. The number of amides is 3. The van der Waals surface area contributed by atoms with Crippen LogP contribution in [0.1, 0.15) is 32.0 Å². The fourth-order valence-electron chi connectivity index (χ4n) is 3.46. The Kier molecular flexibility index (Phi) is 4.87. The zero-order chi connectivity index (χ0) is 20.4. The van der Waals surface area contributed by atoms with Crippen molar-refractivity contribution in [2.75, 3.05) is 5.32 Å². The SMILES string of the molecule is NC(=O)c1ccc(NC(=O)C2Cc3ccccc3CN2C(=O)c2ccco2)cc1. The standard InChI is InChI=1S/C22H19N3O4/c23-20(26)14-7-9-17(10-8-14)24-21(27)18-12-15-4-1-2-5-16(15)13-25(18)22(28)19-6-3-11-29-19/h1-11,18H,12-13H2,(H2,23,26)(H,24,27). The molecule has 0 aliphatic carbocycles. The summed E-state index contributed by atoms with van der Waals surface area (Å²) in [6, 6.07) is 16.6. The van der Waals surface area contributed by atoms with Gasteiger partial charge >= 0.3 is 0 Å². The second-order valence-electron chi connectivity index (χ2n) is 6.83. The van der Waals surface area contributed by atoms with Crippen LogP contribution in [0.15, 0.2) is 71.3 Å². The van der Waals surface area contributed by atoms with Crippen LogP contribution in [0.4, 0.5) is 5.69 Å². The molecule has 3 amide bonds. The Morgan fingerprint density at radius 3 is 2.34 bits per heavy atom.